The molecule has 0 saturated heterocycles. The van der Waals surface area contributed by atoms with E-state index in [9.17, 15) is 9.18 Å². The summed E-state index contributed by atoms with van der Waals surface area (Å²) in [5.41, 5.74) is 3.02. The largest absolute Gasteiger partial charge is 0.382 e. The molecule has 0 bridgehead atoms. The number of amides is 1. The third kappa shape index (κ3) is 5.01. The Morgan fingerprint density at radius 1 is 1.19 bits per heavy atom. The van der Waals surface area contributed by atoms with Crippen molar-refractivity contribution < 1.29 is 9.18 Å². The molecule has 0 radical (unpaired) electrons. The highest BCUT2D eigenvalue weighted by molar-refractivity contribution is 6.30. The van der Waals surface area contributed by atoms with E-state index in [1.165, 1.54) is 12.6 Å². The Balaban J connectivity index is 1.65. The van der Waals surface area contributed by atoms with Gasteiger partial charge in [-0.05, 0) is 24.8 Å². The molecule has 0 spiro atoms. The first-order chi connectivity index (χ1) is 15.4. The van der Waals surface area contributed by atoms with Gasteiger partial charge in [-0.25, -0.2) is 13.9 Å². The van der Waals surface area contributed by atoms with Gasteiger partial charge in [-0.3, -0.25) is 9.78 Å². The van der Waals surface area contributed by atoms with Crippen LogP contribution >= 0.6 is 11.6 Å². The quantitative estimate of drug-likeness (QED) is 0.525. The molecule has 32 heavy (non-hydrogen) atoms. The molecular formula is C23H28ClFN6O. The number of imidazole rings is 1. The van der Waals surface area contributed by atoms with Gasteiger partial charge < -0.3 is 10.6 Å². The summed E-state index contributed by atoms with van der Waals surface area (Å²) >= 11 is 6.02. The van der Waals surface area contributed by atoms with Gasteiger partial charge in [-0.2, -0.15) is 5.10 Å². The highest BCUT2D eigenvalue weighted by atomic mass is 35.5. The van der Waals surface area contributed by atoms with Gasteiger partial charge in [0.2, 0.25) is 0 Å². The van der Waals surface area contributed by atoms with Crippen molar-refractivity contribution in [2.75, 3.05) is 11.9 Å². The molecule has 1 saturated carbocycles. The van der Waals surface area contributed by atoms with Crippen molar-refractivity contribution in [1.82, 2.24) is 24.9 Å². The number of aromatic nitrogens is 4. The van der Waals surface area contributed by atoms with Gasteiger partial charge in [0.05, 0.1) is 34.4 Å². The maximum absolute atomic E-state index is 14.0. The molecule has 1 atom stereocenters. The lowest BCUT2D eigenvalue weighted by molar-refractivity contribution is 0.0935. The van der Waals surface area contributed by atoms with Crippen molar-refractivity contribution in [2.24, 2.45) is 5.92 Å². The summed E-state index contributed by atoms with van der Waals surface area (Å²) in [5, 5.41) is 11.1. The van der Waals surface area contributed by atoms with Crippen molar-refractivity contribution >= 4 is 28.8 Å². The second-order valence-electron chi connectivity index (χ2n) is 8.65. The molecule has 3 aromatic rings. The normalized spacial score (nSPS) is 15.8. The lowest BCUT2D eigenvalue weighted by Crippen LogP contribution is -2.33. The molecule has 0 aliphatic heterocycles. The van der Waals surface area contributed by atoms with E-state index in [2.05, 4.69) is 25.7 Å². The number of hydrogen-bond acceptors (Lipinski definition) is 5. The van der Waals surface area contributed by atoms with Crippen molar-refractivity contribution in [3.05, 3.63) is 41.3 Å². The second kappa shape index (κ2) is 9.81. The van der Waals surface area contributed by atoms with Crippen LogP contribution in [0.4, 0.5) is 10.1 Å². The van der Waals surface area contributed by atoms with E-state index in [1.54, 1.807) is 36.8 Å². The Bertz CT molecular complexity index is 1100. The summed E-state index contributed by atoms with van der Waals surface area (Å²) < 4.78 is 15.7. The number of anilines is 1. The average Bonchev–Trinajstić information content (AvgIpc) is 3.20. The van der Waals surface area contributed by atoms with Gasteiger partial charge in [0.15, 0.2) is 5.65 Å². The molecule has 3 aromatic heterocycles. The van der Waals surface area contributed by atoms with Gasteiger partial charge in [0.25, 0.3) is 5.91 Å². The topological polar surface area (TPSA) is 84.2 Å². The zero-order chi connectivity index (χ0) is 22.7. The van der Waals surface area contributed by atoms with E-state index >= 15 is 0 Å². The standard InChI is InChI=1S/C23H28ClFN6O/c1-14(2)18(25)12-28-23(32)17-11-26-20(9-19(17)30-16-6-4-3-5-7-16)21-13-27-22-8-15(24)10-29-31(21)22/h8-11,13-14,16,18H,3-7,12H2,1-2H3,(H,26,30)(H,28,32). The van der Waals surface area contributed by atoms with Gasteiger partial charge in [0, 0.05) is 24.8 Å². The Hall–Kier alpha value is -2.74. The Morgan fingerprint density at radius 2 is 1.97 bits per heavy atom. The number of halogens is 2. The summed E-state index contributed by atoms with van der Waals surface area (Å²) in [7, 11) is 0. The van der Waals surface area contributed by atoms with Crippen LogP contribution in [0.15, 0.2) is 30.7 Å². The maximum Gasteiger partial charge on any atom is 0.255 e. The van der Waals surface area contributed by atoms with Crippen LogP contribution in [-0.2, 0) is 0 Å². The predicted molar refractivity (Wildman–Crippen MR) is 124 cm³/mol. The van der Waals surface area contributed by atoms with Crippen LogP contribution in [0.25, 0.3) is 17.0 Å². The number of nitrogens with one attached hydrogen (secondary N) is 2. The molecule has 1 aliphatic rings. The molecule has 2 N–H and O–H groups in total. The van der Waals surface area contributed by atoms with Crippen LogP contribution in [-0.4, -0.2) is 44.2 Å². The molecule has 4 rings (SSSR count). The van der Waals surface area contributed by atoms with Crippen LogP contribution in [0, 0.1) is 5.92 Å². The molecule has 0 aromatic carbocycles. The van der Waals surface area contributed by atoms with Crippen LogP contribution in [0.2, 0.25) is 5.02 Å². The van der Waals surface area contributed by atoms with E-state index in [0.29, 0.717) is 33.3 Å². The molecule has 9 heteroatoms. The lowest BCUT2D eigenvalue weighted by Gasteiger charge is -2.25. The lowest BCUT2D eigenvalue weighted by atomic mass is 9.95. The van der Waals surface area contributed by atoms with Gasteiger partial charge in [0.1, 0.15) is 11.9 Å². The van der Waals surface area contributed by atoms with Gasteiger partial charge in [-0.1, -0.05) is 44.7 Å². The van der Waals surface area contributed by atoms with E-state index in [0.717, 1.165) is 25.7 Å². The number of carbonyl (C=O) groups is 1. The third-order valence-electron chi connectivity index (χ3n) is 5.88. The number of rotatable bonds is 7. The molecule has 1 aliphatic carbocycles. The third-order valence-corrected chi connectivity index (χ3v) is 6.09. The Kier molecular flexibility index (Phi) is 6.89. The summed E-state index contributed by atoms with van der Waals surface area (Å²) in [6.45, 7) is 3.56. The highest BCUT2D eigenvalue weighted by Gasteiger charge is 2.21. The van der Waals surface area contributed by atoms with E-state index in [1.807, 2.05) is 6.07 Å². The van der Waals surface area contributed by atoms with E-state index < -0.39 is 6.17 Å². The number of nitrogens with zero attached hydrogens (tertiary/aromatic N) is 4. The maximum atomic E-state index is 14.0. The van der Waals surface area contributed by atoms with Crippen LogP contribution in [0.5, 0.6) is 0 Å². The molecule has 1 unspecified atom stereocenters. The smallest absolute Gasteiger partial charge is 0.255 e. The minimum atomic E-state index is -1.10. The monoisotopic (exact) mass is 458 g/mol. The second-order valence-corrected chi connectivity index (χ2v) is 9.09. The van der Waals surface area contributed by atoms with Crippen LogP contribution < -0.4 is 10.6 Å². The number of hydrogen-bond donors (Lipinski definition) is 2. The zero-order valence-corrected chi connectivity index (χ0v) is 19.1. The molecule has 1 amide bonds. The summed E-state index contributed by atoms with van der Waals surface area (Å²) in [5.74, 6) is -0.500. The van der Waals surface area contributed by atoms with Crippen molar-refractivity contribution in [2.45, 2.75) is 58.2 Å². The van der Waals surface area contributed by atoms with Gasteiger partial charge >= 0.3 is 0 Å². The first kappa shape index (κ1) is 22.5. The summed E-state index contributed by atoms with van der Waals surface area (Å²) in [6, 6.07) is 3.86. The first-order valence-electron chi connectivity index (χ1n) is 11.1. The van der Waals surface area contributed by atoms with Crippen LogP contribution in [0.1, 0.15) is 56.3 Å². The average molecular weight is 459 g/mol. The number of carbonyl (C=O) groups excluding carboxylic acids is 1. The Morgan fingerprint density at radius 3 is 2.72 bits per heavy atom. The minimum absolute atomic E-state index is 0.0287. The predicted octanol–water partition coefficient (Wildman–Crippen LogP) is 4.91. The highest BCUT2D eigenvalue weighted by Crippen LogP contribution is 2.28. The first-order valence-corrected chi connectivity index (χ1v) is 11.5. The number of alkyl halides is 1. The molecule has 1 fully saturated rings. The fourth-order valence-corrected chi connectivity index (χ4v) is 4.05. The van der Waals surface area contributed by atoms with Gasteiger partial charge in [-0.15, -0.1) is 0 Å². The Labute approximate surface area is 191 Å². The van der Waals surface area contributed by atoms with Crippen molar-refractivity contribution in [3.63, 3.8) is 0 Å². The number of fused-ring (bicyclic) bond motifs is 1. The fraction of sp³-hybridized carbons (Fsp3) is 0.478. The van der Waals surface area contributed by atoms with E-state index in [4.69, 9.17) is 11.6 Å². The van der Waals surface area contributed by atoms with Crippen LogP contribution in [0.3, 0.4) is 0 Å². The molecular weight excluding hydrogens is 431 g/mol. The zero-order valence-electron chi connectivity index (χ0n) is 18.3. The molecule has 170 valence electrons. The minimum Gasteiger partial charge on any atom is -0.382 e. The molecule has 7 nitrogen and oxygen atoms in total. The van der Waals surface area contributed by atoms with E-state index in [-0.39, 0.29) is 24.4 Å². The summed E-state index contributed by atoms with van der Waals surface area (Å²) in [4.78, 5) is 21.7. The SMILES string of the molecule is CC(C)C(F)CNC(=O)c1cnc(-c2cnc3cc(Cl)cnn23)cc1NC1CCCCC1. The summed E-state index contributed by atoms with van der Waals surface area (Å²) in [6.07, 6.45) is 9.32. The van der Waals surface area contributed by atoms with Crippen molar-refractivity contribution in [1.29, 1.82) is 0 Å². The number of pyridine rings is 1. The molecule has 3 heterocycles. The van der Waals surface area contributed by atoms with Crippen molar-refractivity contribution in [3.8, 4) is 11.4 Å². The fourth-order valence-electron chi connectivity index (χ4n) is 3.91.